The standard InChI is InChI=1S/C26H26ClF2N3O2.C25H25ClFN3O.C24H28ClN3O3.C23H28ClN3O2/c27-24-16-32-21(13-25(33)19-6-3-9-30-15-19)12-23(24)18-5-2-7-20(11-18)31-14-17-4-1-8-22(10-17)34-26(28)29;26-24-16-30-22(13-25(31)19-4-2-10-28-15-19)12-23(24)18-3-1-5-21(11-18)29-14-17-6-8-20(27)9-7-17;25-22-15-27-20(12-23(29)18-4-5-24(30)28-14-18)11-21(22)17-2-1-3-19(10-17)26-13-16-6-8-31-9-7-16;24-21-15-27-19(13-23(28)22-5-2-8-25-22)12-20(21)17-3-1-4-18(11-17)26-14-16-6-9-29-10-7-16/h1-2,4-5,7-8,10-12,16,19,26,30-31H,3,6,9,13-15H2;1,3,5-9,11-12,16,19,28-29H,2,4,10,13-15H2;1-3,10-11,15-16,18,26H,4-9,12-14H2,(H,28,30);1,3-4,11-12,15-16,22,25-26H,2,5-10,13-14H2/t2*19-;18-;22-/m1111/s1. The van der Waals surface area contributed by atoms with Gasteiger partial charge in [0.1, 0.15) is 28.9 Å². The smallest absolute Gasteiger partial charge is 0.387 e. The van der Waals surface area contributed by atoms with Crippen molar-refractivity contribution in [1.29, 1.82) is 0 Å². The number of nitrogens with one attached hydrogen (secondary N) is 8. The van der Waals surface area contributed by atoms with Gasteiger partial charge in [-0.1, -0.05) is 119 Å². The Hall–Kier alpha value is -10.2. The highest BCUT2D eigenvalue weighted by Gasteiger charge is 2.29. The summed E-state index contributed by atoms with van der Waals surface area (Å²) in [7, 11) is 0. The number of ketones is 4. The predicted octanol–water partition coefficient (Wildman–Crippen LogP) is 19.0. The Kier molecular flexibility index (Phi) is 35.1. The third kappa shape index (κ3) is 28.7. The van der Waals surface area contributed by atoms with Crippen molar-refractivity contribution < 1.29 is 51.4 Å². The first kappa shape index (κ1) is 92.5. The number of anilines is 4. The molecule has 656 valence electrons. The average molecular weight is 1780 g/mol. The van der Waals surface area contributed by atoms with E-state index in [-0.39, 0.29) is 77.2 Å². The molecule has 16 rings (SSSR count). The van der Waals surface area contributed by atoms with Crippen LogP contribution in [0, 0.1) is 35.4 Å². The summed E-state index contributed by atoms with van der Waals surface area (Å²) in [4.78, 5) is 79.3. The van der Waals surface area contributed by atoms with Crippen LogP contribution in [0.25, 0.3) is 44.5 Å². The molecule has 1 amide bonds. The number of pyridine rings is 4. The topological polar surface area (TPSA) is 261 Å². The van der Waals surface area contributed by atoms with E-state index in [4.69, 9.17) is 55.9 Å². The molecular formula is C98H107Cl4F3N12O8. The summed E-state index contributed by atoms with van der Waals surface area (Å²) in [6, 6.07) is 52.7. The second-order valence-electron chi connectivity index (χ2n) is 32.5. The van der Waals surface area contributed by atoms with Crippen LogP contribution in [0.3, 0.4) is 0 Å². The molecule has 4 atom stereocenters. The van der Waals surface area contributed by atoms with E-state index < -0.39 is 6.61 Å². The van der Waals surface area contributed by atoms with Crippen molar-refractivity contribution in [2.45, 2.75) is 128 Å². The second-order valence-corrected chi connectivity index (χ2v) is 34.2. The molecule has 27 heteroatoms. The maximum atomic E-state index is 13.1. The highest BCUT2D eigenvalue weighted by molar-refractivity contribution is 6.34. The molecule has 6 aromatic carbocycles. The van der Waals surface area contributed by atoms with Crippen molar-refractivity contribution in [2.24, 2.45) is 29.6 Å². The van der Waals surface area contributed by atoms with Crippen LogP contribution in [0.1, 0.15) is 111 Å². The molecule has 6 aliphatic rings. The number of nitrogens with zero attached hydrogens (tertiary/aromatic N) is 4. The number of carbonyl (C=O) groups is 5. The largest absolute Gasteiger partial charge is 0.435 e. The SMILES string of the molecule is O=C(Cc1cc(-c2cccc(NCC3CCOCC3)c2)c(Cl)cn1)[C@H]1CCCN1.O=C(Cc1cc(-c2cccc(NCc3ccc(F)cc3)c2)c(Cl)cn1)[C@@H]1CCCNC1.O=C(Cc1cc(-c2cccc(NCc3cccc(OC(F)F)c3)c2)c(Cl)cn1)[C@@H]1CCCNC1.O=C1CC[C@@H](C(=O)Cc2cc(-c3cccc(NCC4CCOCC4)c3)c(Cl)cn2)CN1. The molecule has 0 bridgehead atoms. The van der Waals surface area contributed by atoms with Gasteiger partial charge >= 0.3 is 6.61 Å². The van der Waals surface area contributed by atoms with Gasteiger partial charge in [-0.15, -0.1) is 0 Å². The van der Waals surface area contributed by atoms with Crippen molar-refractivity contribution in [3.63, 3.8) is 0 Å². The zero-order chi connectivity index (χ0) is 87.2. The highest BCUT2D eigenvalue weighted by Crippen LogP contribution is 2.36. The monoisotopic (exact) mass is 1780 g/mol. The van der Waals surface area contributed by atoms with Gasteiger partial charge in [0.25, 0.3) is 0 Å². The molecule has 10 aromatic rings. The Morgan fingerprint density at radius 3 is 1.21 bits per heavy atom. The molecule has 8 N–H and O–H groups in total. The van der Waals surface area contributed by atoms with E-state index in [0.717, 1.165) is 226 Å². The van der Waals surface area contributed by atoms with Crippen LogP contribution in [-0.2, 0) is 72.2 Å². The molecule has 10 heterocycles. The van der Waals surface area contributed by atoms with Gasteiger partial charge in [-0.25, -0.2) is 4.39 Å². The lowest BCUT2D eigenvalue weighted by Gasteiger charge is -2.22. The predicted molar refractivity (Wildman–Crippen MR) is 490 cm³/mol. The zero-order valence-corrected chi connectivity index (χ0v) is 73.0. The van der Waals surface area contributed by atoms with Crippen molar-refractivity contribution in [2.75, 3.05) is 100 Å². The van der Waals surface area contributed by atoms with Crippen LogP contribution in [0.15, 0.2) is 195 Å². The maximum absolute atomic E-state index is 13.1. The molecule has 0 radical (unpaired) electrons. The minimum Gasteiger partial charge on any atom is -0.435 e. The molecule has 0 saturated carbocycles. The van der Waals surface area contributed by atoms with Crippen molar-refractivity contribution in [3.05, 3.63) is 254 Å². The second kappa shape index (κ2) is 47.4. The first-order valence-corrected chi connectivity index (χ1v) is 44.8. The number of carbonyl (C=O) groups excluding carboxylic acids is 5. The number of amides is 1. The Morgan fingerprint density at radius 2 is 0.824 bits per heavy atom. The van der Waals surface area contributed by atoms with Gasteiger partial charge < -0.3 is 56.7 Å². The number of rotatable bonds is 30. The summed E-state index contributed by atoms with van der Waals surface area (Å²) in [5, 5.41) is 28.6. The number of piperidine rings is 3. The van der Waals surface area contributed by atoms with Gasteiger partial charge in [0.2, 0.25) is 5.91 Å². The minimum absolute atomic E-state index is 0.0151. The average Bonchev–Trinajstić information content (AvgIpc) is 1.81. The summed E-state index contributed by atoms with van der Waals surface area (Å²) >= 11 is 25.8. The number of hydrogen-bond donors (Lipinski definition) is 8. The number of alkyl halides is 2. The summed E-state index contributed by atoms with van der Waals surface area (Å²) in [6.45, 7) is 8.20. The zero-order valence-electron chi connectivity index (χ0n) is 69.9. The molecular weight excluding hydrogens is 1670 g/mol. The third-order valence-electron chi connectivity index (χ3n) is 23.3. The summed E-state index contributed by atoms with van der Waals surface area (Å²) < 4.78 is 53.3. The summed E-state index contributed by atoms with van der Waals surface area (Å²) in [6.07, 6.45) is 18.9. The Morgan fingerprint density at radius 1 is 0.432 bits per heavy atom. The first-order valence-electron chi connectivity index (χ1n) is 43.2. The fraction of sp³-hybridized carbons (Fsp3) is 0.378. The Bertz CT molecular complexity index is 5250. The minimum atomic E-state index is -2.86. The van der Waals surface area contributed by atoms with Crippen LogP contribution in [0.2, 0.25) is 20.1 Å². The lowest BCUT2D eigenvalue weighted by atomic mass is 9.92. The molecule has 125 heavy (non-hydrogen) atoms. The van der Waals surface area contributed by atoms with Gasteiger partial charge in [0, 0.05) is 208 Å². The lowest BCUT2D eigenvalue weighted by molar-refractivity contribution is -0.127. The molecule has 0 aliphatic carbocycles. The summed E-state index contributed by atoms with van der Waals surface area (Å²) in [5.74, 6) is 1.86. The van der Waals surface area contributed by atoms with Crippen LogP contribution < -0.4 is 47.3 Å². The van der Waals surface area contributed by atoms with Gasteiger partial charge in [-0.05, 0) is 233 Å². The number of ether oxygens (including phenoxy) is 3. The number of hydrogen-bond acceptors (Lipinski definition) is 19. The van der Waals surface area contributed by atoms with Gasteiger partial charge in [-0.2, -0.15) is 8.78 Å². The highest BCUT2D eigenvalue weighted by atomic mass is 35.5. The van der Waals surface area contributed by atoms with E-state index in [1.807, 2.05) is 103 Å². The van der Waals surface area contributed by atoms with E-state index in [9.17, 15) is 37.1 Å². The van der Waals surface area contributed by atoms with Crippen LogP contribution in [0.5, 0.6) is 5.75 Å². The number of aromatic nitrogens is 4. The van der Waals surface area contributed by atoms with E-state index in [0.29, 0.717) is 88.6 Å². The Balaban J connectivity index is 0.000000143. The Labute approximate surface area is 748 Å². The molecule has 6 aliphatic heterocycles. The fourth-order valence-electron chi connectivity index (χ4n) is 16.1. The molecule has 20 nitrogen and oxygen atoms in total. The van der Waals surface area contributed by atoms with Gasteiger partial charge in [0.05, 0.1) is 32.6 Å². The molecule has 0 spiro atoms. The van der Waals surface area contributed by atoms with Crippen molar-refractivity contribution in [1.82, 2.24) is 41.2 Å². The van der Waals surface area contributed by atoms with E-state index in [1.165, 1.54) is 18.2 Å². The molecule has 6 fully saturated rings. The van der Waals surface area contributed by atoms with Crippen molar-refractivity contribution >= 4 is 98.2 Å². The lowest BCUT2D eigenvalue weighted by Crippen LogP contribution is -2.38. The molecule has 0 unspecified atom stereocenters. The van der Waals surface area contributed by atoms with E-state index in [1.54, 1.807) is 49.1 Å². The van der Waals surface area contributed by atoms with Crippen LogP contribution in [0.4, 0.5) is 35.9 Å². The van der Waals surface area contributed by atoms with E-state index in [2.05, 4.69) is 91.5 Å². The van der Waals surface area contributed by atoms with Gasteiger partial charge in [0.15, 0.2) is 5.78 Å². The van der Waals surface area contributed by atoms with Gasteiger partial charge in [-0.3, -0.25) is 43.9 Å². The van der Waals surface area contributed by atoms with Crippen LogP contribution >= 0.6 is 46.4 Å². The number of halogens is 7. The molecule has 4 aromatic heterocycles. The van der Waals surface area contributed by atoms with Crippen LogP contribution in [-0.4, -0.2) is 140 Å². The number of Topliss-reactive ketones (excluding diaryl/α,β-unsaturated/α-hetero) is 4. The maximum Gasteiger partial charge on any atom is 0.387 e. The third-order valence-corrected chi connectivity index (χ3v) is 24.5. The quantitative estimate of drug-likeness (QED) is 0.0208. The normalized spacial score (nSPS) is 17.8. The first-order chi connectivity index (χ1) is 60.8. The summed E-state index contributed by atoms with van der Waals surface area (Å²) in [5.41, 5.74) is 15.9. The fourth-order valence-corrected chi connectivity index (χ4v) is 17.0. The van der Waals surface area contributed by atoms with E-state index >= 15 is 0 Å². The molecule has 6 saturated heterocycles. The van der Waals surface area contributed by atoms with Crippen molar-refractivity contribution in [3.8, 4) is 50.3 Å². The number of benzene rings is 6.